The molecule has 2 aliphatic rings. The van der Waals surface area contributed by atoms with E-state index in [1.54, 1.807) is 9.80 Å². The second-order valence-corrected chi connectivity index (χ2v) is 9.49. The molecular formula is C26H40N2O6. The Labute approximate surface area is 203 Å². The number of unbranched alkanes of at least 4 members (excludes halogenated alkanes) is 1. The SMILES string of the molecule is CCCCOC(=O)N1CCC(O)(COCCC2CCN(C(=O)OCc3ccccc3)CC2)CC1. The van der Waals surface area contributed by atoms with E-state index < -0.39 is 5.60 Å². The maximum absolute atomic E-state index is 12.3. The molecule has 2 aliphatic heterocycles. The zero-order valence-corrected chi connectivity index (χ0v) is 20.5. The highest BCUT2D eigenvalue weighted by Gasteiger charge is 2.34. The molecule has 0 aromatic heterocycles. The van der Waals surface area contributed by atoms with Gasteiger partial charge in [0.2, 0.25) is 0 Å². The van der Waals surface area contributed by atoms with Crippen LogP contribution in [-0.4, -0.2) is 78.7 Å². The number of rotatable bonds is 10. The molecule has 0 bridgehead atoms. The van der Waals surface area contributed by atoms with Crippen LogP contribution in [0.2, 0.25) is 0 Å². The van der Waals surface area contributed by atoms with E-state index in [4.69, 9.17) is 14.2 Å². The highest BCUT2D eigenvalue weighted by Crippen LogP contribution is 2.25. The Morgan fingerprint density at radius 1 is 0.971 bits per heavy atom. The summed E-state index contributed by atoms with van der Waals surface area (Å²) in [6.45, 7) is 6.07. The van der Waals surface area contributed by atoms with Crippen LogP contribution in [0.15, 0.2) is 30.3 Å². The lowest BCUT2D eigenvalue weighted by atomic mass is 9.92. The highest BCUT2D eigenvalue weighted by molar-refractivity contribution is 5.68. The van der Waals surface area contributed by atoms with E-state index in [1.165, 1.54) is 0 Å². The molecule has 0 saturated carbocycles. The minimum Gasteiger partial charge on any atom is -0.449 e. The molecule has 8 nitrogen and oxygen atoms in total. The van der Waals surface area contributed by atoms with Gasteiger partial charge in [0.25, 0.3) is 0 Å². The van der Waals surface area contributed by atoms with E-state index in [0.717, 1.165) is 37.7 Å². The second kappa shape index (κ2) is 13.5. The number of likely N-dealkylation sites (tertiary alicyclic amines) is 2. The molecule has 2 fully saturated rings. The van der Waals surface area contributed by atoms with Gasteiger partial charge in [0, 0.05) is 32.8 Å². The van der Waals surface area contributed by atoms with Gasteiger partial charge in [-0.15, -0.1) is 0 Å². The fourth-order valence-corrected chi connectivity index (χ4v) is 4.37. The number of hydrogen-bond donors (Lipinski definition) is 1. The molecule has 1 N–H and O–H groups in total. The van der Waals surface area contributed by atoms with Crippen molar-refractivity contribution in [2.45, 2.75) is 64.1 Å². The van der Waals surface area contributed by atoms with Gasteiger partial charge in [-0.1, -0.05) is 43.7 Å². The molecule has 2 amide bonds. The van der Waals surface area contributed by atoms with Gasteiger partial charge in [-0.05, 0) is 50.0 Å². The summed E-state index contributed by atoms with van der Waals surface area (Å²) in [4.78, 5) is 27.8. The topological polar surface area (TPSA) is 88.5 Å². The molecule has 3 rings (SSSR count). The minimum absolute atomic E-state index is 0.249. The van der Waals surface area contributed by atoms with Crippen molar-refractivity contribution in [3.8, 4) is 0 Å². The minimum atomic E-state index is -0.883. The summed E-state index contributed by atoms with van der Waals surface area (Å²) in [6, 6.07) is 9.70. The van der Waals surface area contributed by atoms with Crippen LogP contribution in [0.5, 0.6) is 0 Å². The van der Waals surface area contributed by atoms with Crippen LogP contribution < -0.4 is 0 Å². The average Bonchev–Trinajstić information content (AvgIpc) is 2.87. The molecule has 2 saturated heterocycles. The number of carbonyl (C=O) groups is 2. The Hall–Kier alpha value is -2.32. The third-order valence-corrected chi connectivity index (χ3v) is 6.79. The molecule has 8 heteroatoms. The summed E-state index contributed by atoms with van der Waals surface area (Å²) in [5, 5.41) is 10.8. The van der Waals surface area contributed by atoms with E-state index in [0.29, 0.717) is 64.8 Å². The van der Waals surface area contributed by atoms with Gasteiger partial charge < -0.3 is 29.1 Å². The van der Waals surface area contributed by atoms with Crippen LogP contribution in [0.3, 0.4) is 0 Å². The van der Waals surface area contributed by atoms with Crippen LogP contribution in [0, 0.1) is 5.92 Å². The fourth-order valence-electron chi connectivity index (χ4n) is 4.37. The number of aliphatic hydroxyl groups is 1. The van der Waals surface area contributed by atoms with Crippen molar-refractivity contribution >= 4 is 12.2 Å². The lowest BCUT2D eigenvalue weighted by Gasteiger charge is -2.37. The smallest absolute Gasteiger partial charge is 0.410 e. The number of hydrogen-bond acceptors (Lipinski definition) is 6. The predicted octanol–water partition coefficient (Wildman–Crippen LogP) is 4.21. The zero-order valence-electron chi connectivity index (χ0n) is 20.5. The molecule has 1 aromatic carbocycles. The van der Waals surface area contributed by atoms with E-state index in [2.05, 4.69) is 6.92 Å². The molecule has 0 radical (unpaired) electrons. The summed E-state index contributed by atoms with van der Waals surface area (Å²) >= 11 is 0. The monoisotopic (exact) mass is 476 g/mol. The molecule has 0 unspecified atom stereocenters. The largest absolute Gasteiger partial charge is 0.449 e. The Morgan fingerprint density at radius 2 is 1.62 bits per heavy atom. The Bertz CT molecular complexity index is 743. The maximum Gasteiger partial charge on any atom is 0.410 e. The first-order valence-electron chi connectivity index (χ1n) is 12.7. The lowest BCUT2D eigenvalue weighted by Crippen LogP contribution is -2.49. The quantitative estimate of drug-likeness (QED) is 0.509. The van der Waals surface area contributed by atoms with Gasteiger partial charge in [-0.25, -0.2) is 9.59 Å². The zero-order chi connectivity index (χ0) is 24.2. The molecule has 34 heavy (non-hydrogen) atoms. The summed E-state index contributed by atoms with van der Waals surface area (Å²) < 4.78 is 16.5. The van der Waals surface area contributed by atoms with Gasteiger partial charge in [-0.3, -0.25) is 0 Å². The molecular weight excluding hydrogens is 436 g/mol. The average molecular weight is 477 g/mol. The molecule has 0 spiro atoms. The first-order chi connectivity index (χ1) is 16.5. The van der Waals surface area contributed by atoms with Gasteiger partial charge >= 0.3 is 12.2 Å². The van der Waals surface area contributed by atoms with E-state index in [9.17, 15) is 14.7 Å². The van der Waals surface area contributed by atoms with Crippen LogP contribution >= 0.6 is 0 Å². The van der Waals surface area contributed by atoms with Crippen molar-refractivity contribution in [1.29, 1.82) is 0 Å². The van der Waals surface area contributed by atoms with Crippen molar-refractivity contribution in [3.63, 3.8) is 0 Å². The highest BCUT2D eigenvalue weighted by atomic mass is 16.6. The van der Waals surface area contributed by atoms with Crippen LogP contribution in [0.4, 0.5) is 9.59 Å². The van der Waals surface area contributed by atoms with E-state index in [-0.39, 0.29) is 18.8 Å². The van der Waals surface area contributed by atoms with Crippen molar-refractivity contribution < 1.29 is 28.9 Å². The van der Waals surface area contributed by atoms with E-state index >= 15 is 0 Å². The van der Waals surface area contributed by atoms with Crippen LogP contribution in [-0.2, 0) is 20.8 Å². The van der Waals surface area contributed by atoms with Crippen molar-refractivity contribution in [3.05, 3.63) is 35.9 Å². The van der Waals surface area contributed by atoms with Crippen molar-refractivity contribution in [2.75, 3.05) is 46.0 Å². The van der Waals surface area contributed by atoms with Gasteiger partial charge in [0.15, 0.2) is 0 Å². The molecule has 1 aromatic rings. The number of benzene rings is 1. The third kappa shape index (κ3) is 8.47. The molecule has 0 atom stereocenters. The number of carbonyl (C=O) groups excluding carboxylic acids is 2. The number of piperidine rings is 2. The lowest BCUT2D eigenvalue weighted by molar-refractivity contribution is -0.0813. The Morgan fingerprint density at radius 3 is 2.29 bits per heavy atom. The van der Waals surface area contributed by atoms with Crippen molar-refractivity contribution in [2.24, 2.45) is 5.92 Å². The van der Waals surface area contributed by atoms with Gasteiger partial charge in [0.05, 0.1) is 18.8 Å². The first-order valence-corrected chi connectivity index (χ1v) is 12.7. The first kappa shape index (κ1) is 26.3. The standard InChI is InChI=1S/C26H40N2O6/c1-2-3-18-33-24(29)28-16-12-26(31,13-17-28)21-32-19-11-22-9-14-27(15-10-22)25(30)34-20-23-7-5-4-6-8-23/h4-8,22,31H,2-3,9-21H2,1H3. The van der Waals surface area contributed by atoms with Gasteiger partial charge in [-0.2, -0.15) is 0 Å². The summed E-state index contributed by atoms with van der Waals surface area (Å²) in [5.74, 6) is 0.507. The van der Waals surface area contributed by atoms with Crippen molar-refractivity contribution in [1.82, 2.24) is 9.80 Å². The number of ether oxygens (including phenoxy) is 3. The normalized spacial score (nSPS) is 18.5. The maximum atomic E-state index is 12.3. The Kier molecular flexibility index (Phi) is 10.5. The Balaban J connectivity index is 1.25. The summed E-state index contributed by atoms with van der Waals surface area (Å²) in [7, 11) is 0. The number of nitrogens with zero attached hydrogens (tertiary/aromatic N) is 2. The molecule has 0 aliphatic carbocycles. The summed E-state index contributed by atoms with van der Waals surface area (Å²) in [6.07, 6.45) is 5.11. The third-order valence-electron chi connectivity index (χ3n) is 6.79. The van der Waals surface area contributed by atoms with Crippen LogP contribution in [0.1, 0.15) is 57.4 Å². The number of amides is 2. The predicted molar refractivity (Wildman–Crippen MR) is 128 cm³/mol. The fraction of sp³-hybridized carbons (Fsp3) is 0.692. The summed E-state index contributed by atoms with van der Waals surface area (Å²) in [5.41, 5.74) is 0.105. The van der Waals surface area contributed by atoms with Gasteiger partial charge in [0.1, 0.15) is 6.61 Å². The second-order valence-electron chi connectivity index (χ2n) is 9.49. The molecule has 2 heterocycles. The molecule has 190 valence electrons. The van der Waals surface area contributed by atoms with Crippen LogP contribution in [0.25, 0.3) is 0 Å². The van der Waals surface area contributed by atoms with E-state index in [1.807, 2.05) is 30.3 Å².